The van der Waals surface area contributed by atoms with Gasteiger partial charge in [-0.2, -0.15) is 4.98 Å². The Labute approximate surface area is 135 Å². The van der Waals surface area contributed by atoms with E-state index in [2.05, 4.69) is 52.0 Å². The van der Waals surface area contributed by atoms with Crippen molar-refractivity contribution >= 4 is 6.03 Å². The van der Waals surface area contributed by atoms with Crippen LogP contribution in [0.4, 0.5) is 4.79 Å². The van der Waals surface area contributed by atoms with E-state index in [9.17, 15) is 4.79 Å². The van der Waals surface area contributed by atoms with Crippen LogP contribution in [0.5, 0.6) is 0 Å². The molecule has 0 radical (unpaired) electrons. The smallest absolute Gasteiger partial charge is 0.315 e. The average Bonchev–Trinajstić information content (AvgIpc) is 2.97. The summed E-state index contributed by atoms with van der Waals surface area (Å²) in [5.74, 6) is 0.973. The molecule has 6 heteroatoms. The number of amides is 2. The number of hydrogen-bond donors (Lipinski definition) is 2. The standard InChI is InChI=1S/C17H22N4O2/c1-12-20-15(21-23-12)10-18-16(22)19-11-17(2)9-5-7-13-6-3-4-8-14(13)17/h3-4,6,8H,5,7,9-11H2,1-2H3,(H2,18,19,22)/t17-/m1/s1. The normalized spacial score (nSPS) is 19.9. The number of nitrogens with one attached hydrogen (secondary N) is 2. The van der Waals surface area contributed by atoms with Gasteiger partial charge in [0.2, 0.25) is 5.89 Å². The van der Waals surface area contributed by atoms with E-state index in [1.54, 1.807) is 6.92 Å². The van der Waals surface area contributed by atoms with Gasteiger partial charge in [-0.15, -0.1) is 0 Å². The summed E-state index contributed by atoms with van der Waals surface area (Å²) < 4.78 is 4.87. The zero-order chi connectivity index (χ0) is 16.3. The molecule has 1 atom stereocenters. The SMILES string of the molecule is Cc1nc(CNC(=O)NC[C@@]2(C)CCCc3ccccc32)no1. The van der Waals surface area contributed by atoms with Gasteiger partial charge in [-0.1, -0.05) is 36.3 Å². The maximum atomic E-state index is 12.0. The van der Waals surface area contributed by atoms with Crippen LogP contribution in [-0.2, 0) is 18.4 Å². The molecule has 0 unspecified atom stereocenters. The highest BCUT2D eigenvalue weighted by Crippen LogP contribution is 2.36. The van der Waals surface area contributed by atoms with Crippen molar-refractivity contribution < 1.29 is 9.32 Å². The van der Waals surface area contributed by atoms with Crippen LogP contribution < -0.4 is 10.6 Å². The number of carbonyl (C=O) groups is 1. The number of fused-ring (bicyclic) bond motifs is 1. The highest BCUT2D eigenvalue weighted by atomic mass is 16.5. The van der Waals surface area contributed by atoms with E-state index in [4.69, 9.17) is 4.52 Å². The van der Waals surface area contributed by atoms with Gasteiger partial charge >= 0.3 is 6.03 Å². The predicted molar refractivity (Wildman–Crippen MR) is 86.0 cm³/mol. The molecule has 1 aromatic heterocycles. The van der Waals surface area contributed by atoms with Crippen molar-refractivity contribution in [3.63, 3.8) is 0 Å². The summed E-state index contributed by atoms with van der Waals surface area (Å²) >= 11 is 0. The minimum absolute atomic E-state index is 0.0189. The van der Waals surface area contributed by atoms with E-state index in [-0.39, 0.29) is 18.0 Å². The Bertz CT molecular complexity index is 697. The van der Waals surface area contributed by atoms with Gasteiger partial charge < -0.3 is 15.2 Å². The van der Waals surface area contributed by atoms with Crippen molar-refractivity contribution in [2.45, 2.75) is 45.1 Å². The first-order valence-corrected chi connectivity index (χ1v) is 7.96. The molecule has 1 aliphatic rings. The molecule has 1 aromatic carbocycles. The number of rotatable bonds is 4. The molecule has 2 N–H and O–H groups in total. The third-order valence-electron chi connectivity index (χ3n) is 4.46. The molecule has 3 rings (SSSR count). The van der Waals surface area contributed by atoms with Crippen molar-refractivity contribution in [3.05, 3.63) is 47.1 Å². The zero-order valence-electron chi connectivity index (χ0n) is 13.6. The number of aryl methyl sites for hydroxylation is 2. The number of carbonyl (C=O) groups excluding carboxylic acids is 1. The Morgan fingerprint density at radius 1 is 1.35 bits per heavy atom. The topological polar surface area (TPSA) is 80.0 Å². The van der Waals surface area contributed by atoms with E-state index in [1.807, 2.05) is 0 Å². The lowest BCUT2D eigenvalue weighted by molar-refractivity contribution is 0.235. The second-order valence-corrected chi connectivity index (χ2v) is 6.34. The molecule has 2 aromatic rings. The molecule has 0 fully saturated rings. The predicted octanol–water partition coefficient (Wildman–Crippen LogP) is 2.47. The van der Waals surface area contributed by atoms with Gasteiger partial charge in [0.15, 0.2) is 5.82 Å². The van der Waals surface area contributed by atoms with E-state index in [0.29, 0.717) is 18.3 Å². The monoisotopic (exact) mass is 314 g/mol. The lowest BCUT2D eigenvalue weighted by Gasteiger charge is -2.36. The summed E-state index contributed by atoms with van der Waals surface area (Å²) in [6.07, 6.45) is 3.35. The highest BCUT2D eigenvalue weighted by Gasteiger charge is 2.31. The molecule has 0 spiro atoms. The van der Waals surface area contributed by atoms with Gasteiger partial charge in [0.25, 0.3) is 0 Å². The largest absolute Gasteiger partial charge is 0.340 e. The number of hydrogen-bond acceptors (Lipinski definition) is 4. The van der Waals surface area contributed by atoms with E-state index in [1.165, 1.54) is 11.1 Å². The Morgan fingerprint density at radius 2 is 2.17 bits per heavy atom. The molecule has 2 amide bonds. The van der Waals surface area contributed by atoms with Crippen LogP contribution in [0.2, 0.25) is 0 Å². The van der Waals surface area contributed by atoms with Gasteiger partial charge in [-0.25, -0.2) is 4.79 Å². The fourth-order valence-corrected chi connectivity index (χ4v) is 3.22. The number of nitrogens with zero attached hydrogens (tertiary/aromatic N) is 2. The van der Waals surface area contributed by atoms with Crippen LogP contribution in [0.15, 0.2) is 28.8 Å². The molecular formula is C17H22N4O2. The molecule has 0 bridgehead atoms. The summed E-state index contributed by atoms with van der Waals surface area (Å²) in [7, 11) is 0. The quantitative estimate of drug-likeness (QED) is 0.908. The first-order valence-electron chi connectivity index (χ1n) is 7.96. The molecule has 1 aliphatic carbocycles. The van der Waals surface area contributed by atoms with Gasteiger partial charge in [-0.05, 0) is 30.4 Å². The molecule has 0 saturated carbocycles. The van der Waals surface area contributed by atoms with Gasteiger partial charge in [0.1, 0.15) is 0 Å². The molecule has 1 heterocycles. The first kappa shape index (κ1) is 15.5. The summed E-state index contributed by atoms with van der Waals surface area (Å²) in [5.41, 5.74) is 2.72. The Balaban J connectivity index is 1.56. The van der Waals surface area contributed by atoms with E-state index >= 15 is 0 Å². The van der Waals surface area contributed by atoms with E-state index < -0.39 is 0 Å². The molecule has 23 heavy (non-hydrogen) atoms. The summed E-state index contributed by atoms with van der Waals surface area (Å²) in [6, 6.07) is 8.30. The van der Waals surface area contributed by atoms with Crippen molar-refractivity contribution in [1.29, 1.82) is 0 Å². The lowest BCUT2D eigenvalue weighted by atomic mass is 9.71. The third-order valence-corrected chi connectivity index (χ3v) is 4.46. The summed E-state index contributed by atoms with van der Waals surface area (Å²) in [6.45, 7) is 4.81. The fourth-order valence-electron chi connectivity index (χ4n) is 3.22. The van der Waals surface area contributed by atoms with Gasteiger partial charge in [0.05, 0.1) is 6.54 Å². The van der Waals surface area contributed by atoms with Crippen LogP contribution >= 0.6 is 0 Å². The molecule has 6 nitrogen and oxygen atoms in total. The lowest BCUT2D eigenvalue weighted by Crippen LogP contribution is -2.44. The Kier molecular flexibility index (Phi) is 4.32. The van der Waals surface area contributed by atoms with Crippen molar-refractivity contribution in [3.8, 4) is 0 Å². The average molecular weight is 314 g/mol. The molecule has 0 aliphatic heterocycles. The maximum absolute atomic E-state index is 12.0. The van der Waals surface area contributed by atoms with Crippen molar-refractivity contribution in [1.82, 2.24) is 20.8 Å². The van der Waals surface area contributed by atoms with Crippen LogP contribution in [0.1, 0.15) is 42.6 Å². The minimum Gasteiger partial charge on any atom is -0.340 e. The van der Waals surface area contributed by atoms with Crippen LogP contribution in [0.25, 0.3) is 0 Å². The number of urea groups is 1. The summed E-state index contributed by atoms with van der Waals surface area (Å²) in [5, 5.41) is 9.49. The van der Waals surface area contributed by atoms with Crippen molar-refractivity contribution in [2.75, 3.05) is 6.54 Å². The number of benzene rings is 1. The fraction of sp³-hybridized carbons (Fsp3) is 0.471. The Morgan fingerprint density at radius 3 is 2.96 bits per heavy atom. The van der Waals surface area contributed by atoms with Crippen molar-refractivity contribution in [2.24, 2.45) is 0 Å². The maximum Gasteiger partial charge on any atom is 0.315 e. The van der Waals surface area contributed by atoms with Crippen LogP contribution in [-0.4, -0.2) is 22.7 Å². The third kappa shape index (κ3) is 3.52. The molecule has 122 valence electrons. The van der Waals surface area contributed by atoms with Crippen LogP contribution in [0.3, 0.4) is 0 Å². The zero-order valence-corrected chi connectivity index (χ0v) is 13.6. The second kappa shape index (κ2) is 6.40. The summed E-state index contributed by atoms with van der Waals surface area (Å²) in [4.78, 5) is 16.1. The highest BCUT2D eigenvalue weighted by molar-refractivity contribution is 5.73. The molecule has 0 saturated heterocycles. The van der Waals surface area contributed by atoms with Crippen LogP contribution in [0, 0.1) is 6.92 Å². The molecular weight excluding hydrogens is 292 g/mol. The first-order chi connectivity index (χ1) is 11.1. The number of aromatic nitrogens is 2. The Hall–Kier alpha value is -2.37. The second-order valence-electron chi connectivity index (χ2n) is 6.34. The van der Waals surface area contributed by atoms with E-state index in [0.717, 1.165) is 19.3 Å². The van der Waals surface area contributed by atoms with Gasteiger partial charge in [0, 0.05) is 18.9 Å². The van der Waals surface area contributed by atoms with Gasteiger partial charge in [-0.3, -0.25) is 0 Å². The minimum atomic E-state index is -0.211.